The van der Waals surface area contributed by atoms with E-state index in [1.807, 2.05) is 27.7 Å². The topological polar surface area (TPSA) is 75.6 Å². The Bertz CT molecular complexity index is 325. The zero-order valence-corrected chi connectivity index (χ0v) is 11.5. The van der Waals surface area contributed by atoms with Crippen LogP contribution in [-0.4, -0.2) is 36.2 Å². The zero-order chi connectivity index (χ0) is 13.9. The highest BCUT2D eigenvalue weighted by Gasteiger charge is 2.65. The standard InChI is InChI=1S/C13H23NO4/c1-8(2)18-7-5-6-14-11(15)9-10(12(16)17)13(9,3)4/h8-10H,5-7H2,1-4H3,(H,14,15)(H,16,17). The van der Waals surface area contributed by atoms with Gasteiger partial charge in [-0.3, -0.25) is 9.59 Å². The summed E-state index contributed by atoms with van der Waals surface area (Å²) in [6, 6.07) is 0. The van der Waals surface area contributed by atoms with Gasteiger partial charge in [-0.1, -0.05) is 13.8 Å². The number of carbonyl (C=O) groups is 2. The maximum atomic E-state index is 11.8. The molecule has 2 atom stereocenters. The summed E-state index contributed by atoms with van der Waals surface area (Å²) in [4.78, 5) is 22.8. The van der Waals surface area contributed by atoms with E-state index < -0.39 is 23.2 Å². The maximum absolute atomic E-state index is 11.8. The van der Waals surface area contributed by atoms with Gasteiger partial charge in [0.2, 0.25) is 5.91 Å². The van der Waals surface area contributed by atoms with Gasteiger partial charge in [0, 0.05) is 13.2 Å². The van der Waals surface area contributed by atoms with Gasteiger partial charge in [-0.25, -0.2) is 0 Å². The normalized spacial score (nSPS) is 24.9. The van der Waals surface area contributed by atoms with Crippen molar-refractivity contribution in [3.05, 3.63) is 0 Å². The number of nitrogens with one attached hydrogen (secondary N) is 1. The van der Waals surface area contributed by atoms with Crippen LogP contribution in [0.15, 0.2) is 0 Å². The summed E-state index contributed by atoms with van der Waals surface area (Å²) in [7, 11) is 0. The van der Waals surface area contributed by atoms with Crippen LogP contribution in [0.4, 0.5) is 0 Å². The van der Waals surface area contributed by atoms with E-state index in [-0.39, 0.29) is 12.0 Å². The third kappa shape index (κ3) is 3.45. The Morgan fingerprint density at radius 1 is 1.33 bits per heavy atom. The smallest absolute Gasteiger partial charge is 0.307 e. The molecule has 0 aromatic heterocycles. The molecule has 5 heteroatoms. The molecule has 0 spiro atoms. The van der Waals surface area contributed by atoms with Gasteiger partial charge in [-0.05, 0) is 25.7 Å². The predicted molar refractivity (Wildman–Crippen MR) is 67.1 cm³/mol. The number of amides is 1. The van der Waals surface area contributed by atoms with E-state index in [0.29, 0.717) is 13.2 Å². The Hall–Kier alpha value is -1.10. The summed E-state index contributed by atoms with van der Waals surface area (Å²) in [6.07, 6.45) is 0.939. The summed E-state index contributed by atoms with van der Waals surface area (Å²) in [5.41, 5.74) is -0.426. The third-order valence-corrected chi connectivity index (χ3v) is 3.45. The number of carboxylic acid groups (broad SMARTS) is 1. The average Bonchev–Trinajstić information content (AvgIpc) is 2.80. The van der Waals surface area contributed by atoms with Gasteiger partial charge in [-0.2, -0.15) is 0 Å². The highest BCUT2D eigenvalue weighted by molar-refractivity contribution is 5.91. The average molecular weight is 257 g/mol. The molecule has 1 amide bonds. The van der Waals surface area contributed by atoms with E-state index >= 15 is 0 Å². The maximum Gasteiger partial charge on any atom is 0.307 e. The number of aliphatic carboxylic acids is 1. The molecule has 0 aliphatic heterocycles. The van der Waals surface area contributed by atoms with E-state index in [0.717, 1.165) is 6.42 Å². The van der Waals surface area contributed by atoms with Gasteiger partial charge < -0.3 is 15.2 Å². The molecule has 0 aromatic carbocycles. The van der Waals surface area contributed by atoms with Gasteiger partial charge >= 0.3 is 5.97 Å². The first kappa shape index (κ1) is 15.0. The molecule has 1 aliphatic carbocycles. The predicted octanol–water partition coefficient (Wildman–Crippen LogP) is 1.27. The van der Waals surface area contributed by atoms with E-state index in [4.69, 9.17) is 9.84 Å². The van der Waals surface area contributed by atoms with Crippen molar-refractivity contribution in [1.82, 2.24) is 5.32 Å². The van der Waals surface area contributed by atoms with Crippen molar-refractivity contribution in [2.75, 3.05) is 13.2 Å². The molecule has 2 N–H and O–H groups in total. The molecular weight excluding hydrogens is 234 g/mol. The third-order valence-electron chi connectivity index (χ3n) is 3.45. The van der Waals surface area contributed by atoms with Gasteiger partial charge in [0.1, 0.15) is 0 Å². The highest BCUT2D eigenvalue weighted by Crippen LogP contribution is 2.58. The molecule has 0 heterocycles. The second-order valence-corrected chi connectivity index (χ2v) is 5.68. The molecule has 1 aliphatic rings. The molecule has 1 fully saturated rings. The molecule has 104 valence electrons. The van der Waals surface area contributed by atoms with Crippen molar-refractivity contribution >= 4 is 11.9 Å². The Morgan fingerprint density at radius 2 is 1.94 bits per heavy atom. The van der Waals surface area contributed by atoms with Crippen molar-refractivity contribution < 1.29 is 19.4 Å². The number of ether oxygens (including phenoxy) is 1. The second-order valence-electron chi connectivity index (χ2n) is 5.68. The minimum Gasteiger partial charge on any atom is -0.481 e. The van der Waals surface area contributed by atoms with E-state index in [1.165, 1.54) is 0 Å². The summed E-state index contributed by atoms with van der Waals surface area (Å²) in [5, 5.41) is 11.8. The fraction of sp³-hybridized carbons (Fsp3) is 0.846. The van der Waals surface area contributed by atoms with Crippen LogP contribution in [-0.2, 0) is 14.3 Å². The largest absolute Gasteiger partial charge is 0.481 e. The lowest BCUT2D eigenvalue weighted by Gasteiger charge is -2.08. The summed E-state index contributed by atoms with van der Waals surface area (Å²) < 4.78 is 5.35. The minimum atomic E-state index is -0.886. The fourth-order valence-corrected chi connectivity index (χ4v) is 2.30. The second kappa shape index (κ2) is 5.69. The quantitative estimate of drug-likeness (QED) is 0.674. The molecule has 1 saturated carbocycles. The van der Waals surface area contributed by atoms with Gasteiger partial charge in [0.15, 0.2) is 0 Å². The first-order chi connectivity index (χ1) is 8.28. The number of hydrogen-bond acceptors (Lipinski definition) is 3. The van der Waals surface area contributed by atoms with Gasteiger partial charge in [-0.15, -0.1) is 0 Å². The molecular formula is C13H23NO4. The summed E-state index contributed by atoms with van der Waals surface area (Å²) in [6.45, 7) is 8.69. The van der Waals surface area contributed by atoms with E-state index in [9.17, 15) is 9.59 Å². The lowest BCUT2D eigenvalue weighted by molar-refractivity contribution is -0.140. The Balaban J connectivity index is 2.25. The van der Waals surface area contributed by atoms with Crippen LogP contribution in [0.3, 0.4) is 0 Å². The minimum absolute atomic E-state index is 0.156. The Labute approximate surface area is 108 Å². The van der Waals surface area contributed by atoms with Crippen LogP contribution in [0, 0.1) is 17.3 Å². The molecule has 18 heavy (non-hydrogen) atoms. The van der Waals surface area contributed by atoms with Crippen molar-refractivity contribution in [2.24, 2.45) is 17.3 Å². The first-order valence-corrected chi connectivity index (χ1v) is 6.40. The zero-order valence-electron chi connectivity index (χ0n) is 11.5. The summed E-state index contributed by atoms with van der Waals surface area (Å²) >= 11 is 0. The van der Waals surface area contributed by atoms with Crippen LogP contribution in [0.2, 0.25) is 0 Å². The van der Waals surface area contributed by atoms with Crippen LogP contribution >= 0.6 is 0 Å². The first-order valence-electron chi connectivity index (χ1n) is 6.40. The van der Waals surface area contributed by atoms with E-state index in [1.54, 1.807) is 0 Å². The molecule has 0 saturated heterocycles. The molecule has 0 aromatic rings. The lowest BCUT2D eigenvalue weighted by atomic mass is 10.1. The Kier molecular flexibility index (Phi) is 4.73. The lowest BCUT2D eigenvalue weighted by Crippen LogP contribution is -2.29. The molecule has 0 radical (unpaired) electrons. The molecule has 1 rings (SSSR count). The molecule has 5 nitrogen and oxygen atoms in total. The van der Waals surface area contributed by atoms with Crippen molar-refractivity contribution in [3.8, 4) is 0 Å². The van der Waals surface area contributed by atoms with Crippen molar-refractivity contribution in [2.45, 2.75) is 40.2 Å². The van der Waals surface area contributed by atoms with Crippen LogP contribution in [0.5, 0.6) is 0 Å². The van der Waals surface area contributed by atoms with Crippen molar-refractivity contribution in [1.29, 1.82) is 0 Å². The monoisotopic (exact) mass is 257 g/mol. The highest BCUT2D eigenvalue weighted by atomic mass is 16.5. The molecule has 2 unspecified atom stereocenters. The Morgan fingerprint density at radius 3 is 2.39 bits per heavy atom. The number of hydrogen-bond donors (Lipinski definition) is 2. The molecule has 0 bridgehead atoms. The van der Waals surface area contributed by atoms with Crippen LogP contribution in [0.25, 0.3) is 0 Å². The number of carboxylic acids is 1. The summed E-state index contributed by atoms with van der Waals surface area (Å²) in [5.74, 6) is -1.99. The van der Waals surface area contributed by atoms with Gasteiger partial charge in [0.05, 0.1) is 17.9 Å². The number of rotatable bonds is 7. The number of carbonyl (C=O) groups excluding carboxylic acids is 1. The van der Waals surface area contributed by atoms with Crippen molar-refractivity contribution in [3.63, 3.8) is 0 Å². The van der Waals surface area contributed by atoms with Crippen LogP contribution in [0.1, 0.15) is 34.1 Å². The van der Waals surface area contributed by atoms with Crippen LogP contribution < -0.4 is 5.32 Å². The van der Waals surface area contributed by atoms with E-state index in [2.05, 4.69) is 5.32 Å². The SMILES string of the molecule is CC(C)OCCCNC(=O)C1C(C(=O)O)C1(C)C. The fourth-order valence-electron chi connectivity index (χ4n) is 2.30. The van der Waals surface area contributed by atoms with Gasteiger partial charge in [0.25, 0.3) is 0 Å².